The number of thiophene rings is 1. The van der Waals surface area contributed by atoms with Gasteiger partial charge in [0.1, 0.15) is 0 Å². The number of hydrogen-bond donors (Lipinski definition) is 1. The molecule has 2 rings (SSSR count). The largest absolute Gasteiger partial charge is 0.390 e. The Bertz CT molecular complexity index is 302. The van der Waals surface area contributed by atoms with Crippen LogP contribution in [0.3, 0.4) is 0 Å². The summed E-state index contributed by atoms with van der Waals surface area (Å²) in [6.45, 7) is 5.75. The molecule has 1 aromatic heterocycles. The number of aliphatic hydroxyl groups excluding tert-OH is 1. The molecule has 2 unspecified atom stereocenters. The maximum atomic E-state index is 10.1. The highest BCUT2D eigenvalue weighted by atomic mass is 32.1. The van der Waals surface area contributed by atoms with Crippen LogP contribution in [0.15, 0.2) is 16.8 Å². The summed E-state index contributed by atoms with van der Waals surface area (Å²) in [5, 5.41) is 14.2. The highest BCUT2D eigenvalue weighted by Crippen LogP contribution is 2.15. The number of hydrogen-bond acceptors (Lipinski definition) is 4. The molecule has 90 valence electrons. The van der Waals surface area contributed by atoms with Crippen LogP contribution in [0.1, 0.15) is 12.5 Å². The first kappa shape index (κ1) is 12.0. The van der Waals surface area contributed by atoms with Gasteiger partial charge >= 0.3 is 0 Å². The Labute approximate surface area is 101 Å². The van der Waals surface area contributed by atoms with E-state index in [0.29, 0.717) is 6.42 Å². The van der Waals surface area contributed by atoms with Gasteiger partial charge in [0, 0.05) is 19.5 Å². The van der Waals surface area contributed by atoms with E-state index in [4.69, 9.17) is 4.74 Å². The van der Waals surface area contributed by atoms with E-state index in [1.54, 1.807) is 11.3 Å². The zero-order valence-electron chi connectivity index (χ0n) is 9.63. The van der Waals surface area contributed by atoms with E-state index in [2.05, 4.69) is 23.3 Å². The number of ether oxygens (including phenoxy) is 1. The van der Waals surface area contributed by atoms with Crippen molar-refractivity contribution in [3.05, 3.63) is 22.4 Å². The molecule has 4 heteroatoms. The first-order chi connectivity index (χ1) is 7.79. The summed E-state index contributed by atoms with van der Waals surface area (Å²) in [6.07, 6.45) is 0.281. The lowest BCUT2D eigenvalue weighted by Gasteiger charge is -2.34. The number of morpholine rings is 1. The minimum absolute atomic E-state index is 0.0337. The maximum absolute atomic E-state index is 10.1. The number of likely N-dealkylation sites (N-methyl/N-ethyl adjacent to an activating group) is 1. The van der Waals surface area contributed by atoms with E-state index in [0.717, 1.165) is 26.2 Å². The topological polar surface area (TPSA) is 32.7 Å². The molecule has 0 aliphatic carbocycles. The van der Waals surface area contributed by atoms with Crippen molar-refractivity contribution in [3.63, 3.8) is 0 Å². The van der Waals surface area contributed by atoms with Crippen molar-refractivity contribution in [2.45, 2.75) is 25.6 Å². The van der Waals surface area contributed by atoms with E-state index in [1.165, 1.54) is 5.56 Å². The Kier molecular flexibility index (Phi) is 4.35. The Hall–Kier alpha value is -0.420. The molecule has 2 heterocycles. The molecule has 0 amide bonds. The molecule has 0 bridgehead atoms. The summed E-state index contributed by atoms with van der Waals surface area (Å²) in [5.41, 5.74) is 1.20. The van der Waals surface area contributed by atoms with Gasteiger partial charge in [-0.15, -0.1) is 0 Å². The van der Waals surface area contributed by atoms with Crippen molar-refractivity contribution in [2.24, 2.45) is 0 Å². The van der Waals surface area contributed by atoms with Gasteiger partial charge in [0.2, 0.25) is 0 Å². The second kappa shape index (κ2) is 5.77. The molecule has 2 atom stereocenters. The second-order valence-corrected chi connectivity index (χ2v) is 4.99. The maximum Gasteiger partial charge on any atom is 0.0964 e. The highest BCUT2D eigenvalue weighted by Gasteiger charge is 2.26. The Morgan fingerprint density at radius 1 is 1.69 bits per heavy atom. The summed E-state index contributed by atoms with van der Waals surface area (Å²) in [7, 11) is 0. The molecule has 1 aliphatic heterocycles. The molecule has 0 spiro atoms. The fraction of sp³-hybridized carbons (Fsp3) is 0.667. The lowest BCUT2D eigenvalue weighted by Crippen LogP contribution is -2.48. The van der Waals surface area contributed by atoms with Crippen LogP contribution in [0.25, 0.3) is 0 Å². The quantitative estimate of drug-likeness (QED) is 0.864. The third kappa shape index (κ3) is 3.04. The number of rotatable bonds is 4. The third-order valence-electron chi connectivity index (χ3n) is 3.08. The van der Waals surface area contributed by atoms with E-state index >= 15 is 0 Å². The smallest absolute Gasteiger partial charge is 0.0964 e. The van der Waals surface area contributed by atoms with Crippen LogP contribution in [-0.4, -0.2) is 48.5 Å². The normalized spacial score (nSPS) is 24.5. The van der Waals surface area contributed by atoms with E-state index in [1.807, 2.05) is 5.38 Å². The van der Waals surface area contributed by atoms with E-state index < -0.39 is 0 Å². The standard InChI is InChI=1S/C12H19NO2S/c1-2-13-4-5-15-12(8-13)11(14)7-10-3-6-16-9-10/h3,6,9,11-12,14H,2,4-5,7-8H2,1H3. The van der Waals surface area contributed by atoms with Gasteiger partial charge in [-0.2, -0.15) is 11.3 Å². The van der Waals surface area contributed by atoms with Crippen LogP contribution in [-0.2, 0) is 11.2 Å². The fourth-order valence-corrected chi connectivity index (χ4v) is 2.71. The fourth-order valence-electron chi connectivity index (χ4n) is 2.03. The van der Waals surface area contributed by atoms with E-state index in [9.17, 15) is 5.11 Å². The van der Waals surface area contributed by atoms with Crippen LogP contribution >= 0.6 is 11.3 Å². The molecule has 1 N–H and O–H groups in total. The molecule has 0 radical (unpaired) electrons. The van der Waals surface area contributed by atoms with Gasteiger partial charge in [-0.3, -0.25) is 4.90 Å². The van der Waals surface area contributed by atoms with Gasteiger partial charge in [0.05, 0.1) is 18.8 Å². The van der Waals surface area contributed by atoms with Crippen LogP contribution < -0.4 is 0 Å². The molecular formula is C12H19NO2S. The van der Waals surface area contributed by atoms with Gasteiger partial charge in [-0.05, 0) is 28.9 Å². The minimum Gasteiger partial charge on any atom is -0.390 e. The minimum atomic E-state index is -0.385. The van der Waals surface area contributed by atoms with Gasteiger partial charge in [-0.1, -0.05) is 6.92 Å². The average Bonchev–Trinajstić information content (AvgIpc) is 2.82. The molecule has 3 nitrogen and oxygen atoms in total. The third-order valence-corrected chi connectivity index (χ3v) is 3.81. The lowest BCUT2D eigenvalue weighted by molar-refractivity contribution is -0.0867. The average molecular weight is 241 g/mol. The first-order valence-electron chi connectivity index (χ1n) is 5.82. The summed E-state index contributed by atoms with van der Waals surface area (Å²) in [6, 6.07) is 2.06. The van der Waals surface area contributed by atoms with Crippen LogP contribution in [0.5, 0.6) is 0 Å². The van der Waals surface area contributed by atoms with Gasteiger partial charge in [-0.25, -0.2) is 0 Å². The van der Waals surface area contributed by atoms with Crippen molar-refractivity contribution >= 4 is 11.3 Å². The Morgan fingerprint density at radius 3 is 3.25 bits per heavy atom. The summed E-state index contributed by atoms with van der Waals surface area (Å²) in [4.78, 5) is 2.32. The number of nitrogens with zero attached hydrogens (tertiary/aromatic N) is 1. The molecule has 1 aliphatic rings. The van der Waals surface area contributed by atoms with Gasteiger partial charge < -0.3 is 9.84 Å². The summed E-state index contributed by atoms with van der Waals surface area (Å²) < 4.78 is 5.63. The molecule has 0 aromatic carbocycles. The van der Waals surface area contributed by atoms with Crippen LogP contribution in [0.4, 0.5) is 0 Å². The van der Waals surface area contributed by atoms with Crippen molar-refractivity contribution in [2.75, 3.05) is 26.2 Å². The van der Waals surface area contributed by atoms with Crippen molar-refractivity contribution in [3.8, 4) is 0 Å². The molecule has 1 fully saturated rings. The molecular weight excluding hydrogens is 222 g/mol. The van der Waals surface area contributed by atoms with Crippen molar-refractivity contribution in [1.29, 1.82) is 0 Å². The predicted octanol–water partition coefficient (Wildman–Crippen LogP) is 1.37. The summed E-state index contributed by atoms with van der Waals surface area (Å²) >= 11 is 1.67. The van der Waals surface area contributed by atoms with Crippen molar-refractivity contribution < 1.29 is 9.84 Å². The second-order valence-electron chi connectivity index (χ2n) is 4.21. The number of aliphatic hydroxyl groups is 1. The molecule has 1 aromatic rings. The zero-order chi connectivity index (χ0) is 11.4. The zero-order valence-corrected chi connectivity index (χ0v) is 10.4. The first-order valence-corrected chi connectivity index (χ1v) is 6.77. The van der Waals surface area contributed by atoms with Crippen LogP contribution in [0.2, 0.25) is 0 Å². The summed E-state index contributed by atoms with van der Waals surface area (Å²) in [5.74, 6) is 0. The van der Waals surface area contributed by atoms with Crippen LogP contribution in [0, 0.1) is 0 Å². The van der Waals surface area contributed by atoms with Crippen molar-refractivity contribution in [1.82, 2.24) is 4.90 Å². The monoisotopic (exact) mass is 241 g/mol. The Balaban J connectivity index is 1.86. The van der Waals surface area contributed by atoms with Gasteiger partial charge in [0.25, 0.3) is 0 Å². The molecule has 1 saturated heterocycles. The highest BCUT2D eigenvalue weighted by molar-refractivity contribution is 7.07. The molecule has 0 saturated carbocycles. The Morgan fingerprint density at radius 2 is 2.56 bits per heavy atom. The van der Waals surface area contributed by atoms with Gasteiger partial charge in [0.15, 0.2) is 0 Å². The van der Waals surface area contributed by atoms with E-state index in [-0.39, 0.29) is 12.2 Å². The SMILES string of the molecule is CCN1CCOC(C(O)Cc2ccsc2)C1. The lowest BCUT2D eigenvalue weighted by atomic mass is 10.1. The molecule has 16 heavy (non-hydrogen) atoms. The predicted molar refractivity (Wildman–Crippen MR) is 65.9 cm³/mol.